The minimum atomic E-state index is 0.716. The lowest BCUT2D eigenvalue weighted by molar-refractivity contribution is 0.344. The van der Waals surface area contributed by atoms with E-state index in [1.165, 1.54) is 0 Å². The van der Waals surface area contributed by atoms with Crippen LogP contribution in [0.2, 0.25) is 0 Å². The number of nitrogens with zero attached hydrogens (tertiary/aromatic N) is 1. The van der Waals surface area contributed by atoms with E-state index in [-0.39, 0.29) is 0 Å². The van der Waals surface area contributed by atoms with Gasteiger partial charge in [0.2, 0.25) is 0 Å². The van der Waals surface area contributed by atoms with Crippen molar-refractivity contribution in [2.75, 3.05) is 12.4 Å². The largest absolute Gasteiger partial charge is 0.493 e. The predicted octanol–water partition coefficient (Wildman–Crippen LogP) is 3.62. The van der Waals surface area contributed by atoms with Gasteiger partial charge in [0.15, 0.2) is 0 Å². The molecule has 2 aromatic rings. The molecule has 0 saturated carbocycles. The molecule has 0 unspecified atom stereocenters. The van der Waals surface area contributed by atoms with Crippen LogP contribution in [0.1, 0.15) is 5.69 Å². The summed E-state index contributed by atoms with van der Waals surface area (Å²) in [5.74, 6) is 1.86. The first-order chi connectivity index (χ1) is 7.84. The molecule has 1 aromatic carbocycles. The van der Waals surface area contributed by atoms with E-state index >= 15 is 0 Å². The van der Waals surface area contributed by atoms with Crippen LogP contribution in [-0.4, -0.2) is 17.3 Å². The van der Waals surface area contributed by atoms with Crippen molar-refractivity contribution in [3.8, 4) is 5.75 Å². The van der Waals surface area contributed by atoms with Crippen molar-refractivity contribution in [3.63, 3.8) is 0 Å². The molecule has 84 valence electrons. The van der Waals surface area contributed by atoms with Crippen molar-refractivity contribution < 1.29 is 4.74 Å². The van der Waals surface area contributed by atoms with E-state index < -0.39 is 0 Å². The van der Waals surface area contributed by atoms with Gasteiger partial charge in [-0.15, -0.1) is 11.3 Å². The van der Waals surface area contributed by atoms with Gasteiger partial charge in [-0.2, -0.15) is 0 Å². The molecule has 2 nitrogen and oxygen atoms in total. The number of hydrogen-bond acceptors (Lipinski definition) is 4. The first kappa shape index (κ1) is 11.5. The predicted molar refractivity (Wildman–Crippen MR) is 69.5 cm³/mol. The smallest absolute Gasteiger partial charge is 0.150 e. The minimum Gasteiger partial charge on any atom is -0.493 e. The van der Waals surface area contributed by atoms with E-state index in [1.54, 1.807) is 23.1 Å². The molecule has 0 spiro atoms. The van der Waals surface area contributed by atoms with Crippen LogP contribution in [0.4, 0.5) is 0 Å². The third-order valence-corrected chi connectivity index (χ3v) is 4.02. The van der Waals surface area contributed by atoms with Crippen molar-refractivity contribution in [1.82, 2.24) is 4.98 Å². The second-order valence-electron chi connectivity index (χ2n) is 3.26. The lowest BCUT2D eigenvalue weighted by Gasteiger charge is -2.03. The van der Waals surface area contributed by atoms with Crippen molar-refractivity contribution in [2.24, 2.45) is 0 Å². The zero-order chi connectivity index (χ0) is 11.2. The van der Waals surface area contributed by atoms with Crippen LogP contribution in [0, 0.1) is 6.92 Å². The van der Waals surface area contributed by atoms with E-state index in [9.17, 15) is 0 Å². The molecule has 4 heteroatoms. The average Bonchev–Trinajstić information content (AvgIpc) is 2.72. The highest BCUT2D eigenvalue weighted by Crippen LogP contribution is 2.22. The number of thiazole rings is 1. The number of aryl methyl sites for hydroxylation is 1. The van der Waals surface area contributed by atoms with Gasteiger partial charge in [0.25, 0.3) is 0 Å². The zero-order valence-corrected chi connectivity index (χ0v) is 10.7. The van der Waals surface area contributed by atoms with Gasteiger partial charge in [-0.1, -0.05) is 30.0 Å². The first-order valence-electron chi connectivity index (χ1n) is 5.07. The van der Waals surface area contributed by atoms with Crippen LogP contribution in [0.15, 0.2) is 40.1 Å². The Labute approximate surface area is 104 Å². The van der Waals surface area contributed by atoms with Crippen molar-refractivity contribution in [2.45, 2.75) is 11.3 Å². The maximum Gasteiger partial charge on any atom is 0.150 e. The number of benzene rings is 1. The van der Waals surface area contributed by atoms with Crippen molar-refractivity contribution in [1.29, 1.82) is 0 Å². The summed E-state index contributed by atoms with van der Waals surface area (Å²) in [6.07, 6.45) is 0. The summed E-state index contributed by atoms with van der Waals surface area (Å²) in [6, 6.07) is 9.88. The van der Waals surface area contributed by atoms with Gasteiger partial charge in [0.05, 0.1) is 6.61 Å². The average molecular weight is 251 g/mol. The Morgan fingerprint density at radius 3 is 2.81 bits per heavy atom. The zero-order valence-electron chi connectivity index (χ0n) is 9.05. The Kier molecular flexibility index (Phi) is 4.25. The second-order valence-corrected chi connectivity index (χ2v) is 5.46. The fraction of sp³-hybridized carbons (Fsp3) is 0.250. The lowest BCUT2D eigenvalue weighted by atomic mass is 10.3. The number of thioether (sulfide) groups is 1. The Morgan fingerprint density at radius 1 is 1.31 bits per heavy atom. The SMILES string of the molecule is Cc1csc(SCCOc2ccccc2)n1. The maximum atomic E-state index is 5.59. The van der Waals surface area contributed by atoms with Crippen molar-refractivity contribution >= 4 is 23.1 Å². The van der Waals surface area contributed by atoms with E-state index in [2.05, 4.69) is 10.4 Å². The monoisotopic (exact) mass is 251 g/mol. The molecule has 0 saturated heterocycles. The fourth-order valence-electron chi connectivity index (χ4n) is 1.20. The van der Waals surface area contributed by atoms with Gasteiger partial charge in [-0.3, -0.25) is 0 Å². The highest BCUT2D eigenvalue weighted by atomic mass is 32.2. The normalized spacial score (nSPS) is 10.3. The van der Waals surface area contributed by atoms with Gasteiger partial charge in [-0.25, -0.2) is 4.98 Å². The summed E-state index contributed by atoms with van der Waals surface area (Å²) in [4.78, 5) is 4.38. The Balaban J connectivity index is 1.69. The van der Waals surface area contributed by atoms with E-state index in [1.807, 2.05) is 37.3 Å². The first-order valence-corrected chi connectivity index (χ1v) is 6.94. The standard InChI is InChI=1S/C12H13NOS2/c1-10-9-16-12(13-10)15-8-7-14-11-5-3-2-4-6-11/h2-6,9H,7-8H2,1H3. The van der Waals surface area contributed by atoms with Crippen LogP contribution in [0.25, 0.3) is 0 Å². The Hall–Kier alpha value is -1.00. The van der Waals surface area contributed by atoms with Crippen molar-refractivity contribution in [3.05, 3.63) is 41.4 Å². The van der Waals surface area contributed by atoms with E-state index in [0.29, 0.717) is 6.61 Å². The summed E-state index contributed by atoms with van der Waals surface area (Å²) in [5, 5.41) is 2.07. The Bertz CT molecular complexity index is 428. The molecule has 0 aliphatic rings. The summed E-state index contributed by atoms with van der Waals surface area (Å²) < 4.78 is 6.71. The van der Waals surface area contributed by atoms with Gasteiger partial charge in [-0.05, 0) is 19.1 Å². The topological polar surface area (TPSA) is 22.1 Å². The van der Waals surface area contributed by atoms with Crippen LogP contribution in [-0.2, 0) is 0 Å². The molecule has 0 radical (unpaired) electrons. The molecule has 0 bridgehead atoms. The molecule has 0 fully saturated rings. The summed E-state index contributed by atoms with van der Waals surface area (Å²) >= 11 is 3.43. The van der Waals surface area contributed by atoms with Gasteiger partial charge in [0, 0.05) is 16.8 Å². The van der Waals surface area contributed by atoms with Gasteiger partial charge in [0.1, 0.15) is 10.1 Å². The highest BCUT2D eigenvalue weighted by molar-refractivity contribution is 8.01. The minimum absolute atomic E-state index is 0.716. The molecule has 2 rings (SSSR count). The van der Waals surface area contributed by atoms with E-state index in [4.69, 9.17) is 4.74 Å². The van der Waals surface area contributed by atoms with Gasteiger partial charge >= 0.3 is 0 Å². The van der Waals surface area contributed by atoms with Crippen LogP contribution < -0.4 is 4.74 Å². The number of rotatable bonds is 5. The lowest BCUT2D eigenvalue weighted by Crippen LogP contribution is -1.99. The van der Waals surface area contributed by atoms with Crippen LogP contribution >= 0.6 is 23.1 Å². The van der Waals surface area contributed by atoms with E-state index in [0.717, 1.165) is 21.5 Å². The number of hydrogen-bond donors (Lipinski definition) is 0. The summed E-state index contributed by atoms with van der Waals surface area (Å²) in [5.41, 5.74) is 1.09. The molecule has 0 aliphatic heterocycles. The second kappa shape index (κ2) is 5.92. The molecule has 1 heterocycles. The number of ether oxygens (including phenoxy) is 1. The molecule has 0 N–H and O–H groups in total. The summed E-state index contributed by atoms with van der Waals surface area (Å²) in [6.45, 7) is 2.73. The van der Waals surface area contributed by atoms with Crippen LogP contribution in [0.5, 0.6) is 5.75 Å². The summed E-state index contributed by atoms with van der Waals surface area (Å²) in [7, 11) is 0. The number of aromatic nitrogens is 1. The third kappa shape index (κ3) is 3.54. The highest BCUT2D eigenvalue weighted by Gasteiger charge is 1.99. The molecule has 16 heavy (non-hydrogen) atoms. The molecule has 1 aromatic heterocycles. The quantitative estimate of drug-likeness (QED) is 0.598. The fourth-order valence-corrected chi connectivity index (χ4v) is 2.94. The van der Waals surface area contributed by atoms with Crippen LogP contribution in [0.3, 0.4) is 0 Å². The molecular weight excluding hydrogens is 238 g/mol. The van der Waals surface area contributed by atoms with Gasteiger partial charge < -0.3 is 4.74 Å². The maximum absolute atomic E-state index is 5.59. The molecule has 0 aliphatic carbocycles. The molecule has 0 amide bonds. The third-order valence-electron chi connectivity index (χ3n) is 1.92. The number of para-hydroxylation sites is 1. The molecule has 0 atom stereocenters. The molecular formula is C12H13NOS2. The Morgan fingerprint density at radius 2 is 2.12 bits per heavy atom.